The Kier molecular flexibility index (Phi) is 7.53. The van der Waals surface area contributed by atoms with Crippen LogP contribution in [0.25, 0.3) is 0 Å². The third-order valence-corrected chi connectivity index (χ3v) is 5.29. The number of rotatable bonds is 7. The minimum Gasteiger partial charge on any atom is -0.465 e. The first kappa shape index (κ1) is 24.9. The summed E-state index contributed by atoms with van der Waals surface area (Å²) in [6, 6.07) is 4.59. The van der Waals surface area contributed by atoms with E-state index in [0.29, 0.717) is 18.0 Å². The van der Waals surface area contributed by atoms with Crippen LogP contribution in [-0.2, 0) is 30.0 Å². The SMILES string of the molecule is CCOC(=O)C1(CC(C=O)OC(C)(C)C)SC(=Nc2ccccc2C(F)(F)F)NC1=O. The van der Waals surface area contributed by atoms with Crippen molar-refractivity contribution in [2.24, 2.45) is 4.99 Å². The summed E-state index contributed by atoms with van der Waals surface area (Å²) in [5.41, 5.74) is -2.16. The molecule has 2 unspecified atom stereocenters. The standard InChI is InChI=1S/C20H23F3N2O5S/c1-5-29-16(28)19(10-12(11-26)30-18(2,3)4)15(27)25-17(31-19)24-14-9-7-6-8-13(14)20(21,22)23/h6-9,11-12H,5,10H2,1-4H3,(H,24,25,27). The van der Waals surface area contributed by atoms with Crippen LogP contribution in [0.15, 0.2) is 29.3 Å². The summed E-state index contributed by atoms with van der Waals surface area (Å²) in [6.07, 6.45) is -5.70. The smallest absolute Gasteiger partial charge is 0.418 e. The molecule has 1 fully saturated rings. The van der Waals surface area contributed by atoms with Crippen molar-refractivity contribution >= 4 is 40.8 Å². The summed E-state index contributed by atoms with van der Waals surface area (Å²) >= 11 is 0.607. The molecule has 1 aromatic rings. The minimum absolute atomic E-state index is 0.0380. The highest BCUT2D eigenvalue weighted by Gasteiger charge is 2.56. The van der Waals surface area contributed by atoms with Gasteiger partial charge in [0.1, 0.15) is 12.4 Å². The van der Waals surface area contributed by atoms with Crippen molar-refractivity contribution in [1.29, 1.82) is 0 Å². The molecule has 1 aromatic carbocycles. The number of thioether (sulfide) groups is 1. The van der Waals surface area contributed by atoms with E-state index in [1.54, 1.807) is 27.7 Å². The largest absolute Gasteiger partial charge is 0.465 e. The Morgan fingerprint density at radius 2 is 1.94 bits per heavy atom. The minimum atomic E-state index is -4.66. The molecule has 1 aliphatic rings. The van der Waals surface area contributed by atoms with Gasteiger partial charge in [-0.1, -0.05) is 23.9 Å². The summed E-state index contributed by atoms with van der Waals surface area (Å²) < 4.78 is 48.5. The molecule has 0 bridgehead atoms. The van der Waals surface area contributed by atoms with Crippen molar-refractivity contribution in [3.63, 3.8) is 0 Å². The van der Waals surface area contributed by atoms with Crippen LogP contribution in [0.3, 0.4) is 0 Å². The Morgan fingerprint density at radius 3 is 2.48 bits per heavy atom. The van der Waals surface area contributed by atoms with E-state index in [1.165, 1.54) is 12.1 Å². The Labute approximate surface area is 181 Å². The van der Waals surface area contributed by atoms with Gasteiger partial charge in [0.15, 0.2) is 5.17 Å². The zero-order chi connectivity index (χ0) is 23.4. The predicted octanol–water partition coefficient (Wildman–Crippen LogP) is 3.63. The average Bonchev–Trinajstić information content (AvgIpc) is 2.95. The van der Waals surface area contributed by atoms with Crippen LogP contribution >= 0.6 is 11.8 Å². The fraction of sp³-hybridized carbons (Fsp3) is 0.500. The van der Waals surface area contributed by atoms with E-state index < -0.39 is 45.8 Å². The number of aliphatic imine (C=N–C) groups is 1. The third-order valence-electron chi connectivity index (χ3n) is 4.04. The number of hydrogen-bond donors (Lipinski definition) is 1. The van der Waals surface area contributed by atoms with E-state index in [1.807, 2.05) is 0 Å². The first-order chi connectivity index (χ1) is 14.3. The van der Waals surface area contributed by atoms with Crippen LogP contribution in [0.4, 0.5) is 18.9 Å². The van der Waals surface area contributed by atoms with Gasteiger partial charge in [-0.15, -0.1) is 0 Å². The number of amides is 1. The summed E-state index contributed by atoms with van der Waals surface area (Å²) in [7, 11) is 0. The Hall–Kier alpha value is -2.40. The van der Waals surface area contributed by atoms with Crippen molar-refractivity contribution in [2.75, 3.05) is 6.61 Å². The van der Waals surface area contributed by atoms with Gasteiger partial charge in [-0.3, -0.25) is 4.79 Å². The highest BCUT2D eigenvalue weighted by Crippen LogP contribution is 2.41. The maximum Gasteiger partial charge on any atom is 0.418 e. The van der Waals surface area contributed by atoms with Gasteiger partial charge in [-0.05, 0) is 39.8 Å². The molecular formula is C20H23F3N2O5S. The monoisotopic (exact) mass is 460 g/mol. The van der Waals surface area contributed by atoms with Crippen LogP contribution in [0.5, 0.6) is 0 Å². The van der Waals surface area contributed by atoms with Crippen molar-refractivity contribution in [1.82, 2.24) is 5.32 Å². The Balaban J connectivity index is 2.44. The van der Waals surface area contributed by atoms with Gasteiger partial charge >= 0.3 is 12.1 Å². The van der Waals surface area contributed by atoms with Crippen molar-refractivity contribution in [3.05, 3.63) is 29.8 Å². The molecule has 0 aromatic heterocycles. The van der Waals surface area contributed by atoms with Gasteiger partial charge in [0.2, 0.25) is 4.75 Å². The van der Waals surface area contributed by atoms with Gasteiger partial charge in [0, 0.05) is 6.42 Å². The zero-order valence-electron chi connectivity index (χ0n) is 17.4. The first-order valence-corrected chi connectivity index (χ1v) is 10.2. The number of alkyl halides is 3. The van der Waals surface area contributed by atoms with E-state index in [-0.39, 0.29) is 18.2 Å². The number of carbonyl (C=O) groups is 3. The number of nitrogens with zero attached hydrogens (tertiary/aromatic N) is 1. The molecule has 1 heterocycles. The molecule has 2 rings (SSSR count). The fourth-order valence-electron chi connectivity index (χ4n) is 2.86. The number of esters is 1. The summed E-state index contributed by atoms with van der Waals surface area (Å²) in [4.78, 5) is 41.0. The molecule has 0 radical (unpaired) electrons. The van der Waals surface area contributed by atoms with Crippen molar-refractivity contribution < 1.29 is 37.0 Å². The summed E-state index contributed by atoms with van der Waals surface area (Å²) in [5, 5.41) is 2.13. The van der Waals surface area contributed by atoms with Gasteiger partial charge in [0.05, 0.1) is 23.5 Å². The lowest BCUT2D eigenvalue weighted by Gasteiger charge is -2.29. The Bertz CT molecular complexity index is 882. The third kappa shape index (κ3) is 6.07. The number of benzene rings is 1. The van der Waals surface area contributed by atoms with Crippen molar-refractivity contribution in [2.45, 2.75) is 56.7 Å². The molecule has 2 atom stereocenters. The fourth-order valence-corrected chi connectivity index (χ4v) is 4.01. The number of ether oxygens (including phenoxy) is 2. The normalized spacial score (nSPS) is 21.6. The average molecular weight is 460 g/mol. The number of carbonyl (C=O) groups excluding carboxylic acids is 3. The molecule has 0 aliphatic carbocycles. The maximum absolute atomic E-state index is 13.3. The molecule has 7 nitrogen and oxygen atoms in total. The molecule has 1 N–H and O–H groups in total. The number of hydrogen-bond acceptors (Lipinski definition) is 7. The molecule has 11 heteroatoms. The highest BCUT2D eigenvalue weighted by molar-refractivity contribution is 8.17. The lowest BCUT2D eigenvalue weighted by Crippen LogP contribution is -2.48. The van der Waals surface area contributed by atoms with Crippen LogP contribution < -0.4 is 5.32 Å². The number of halogens is 3. The topological polar surface area (TPSA) is 94.1 Å². The summed E-state index contributed by atoms with van der Waals surface area (Å²) in [6.45, 7) is 6.60. The van der Waals surface area contributed by atoms with E-state index in [4.69, 9.17) is 9.47 Å². The highest BCUT2D eigenvalue weighted by atomic mass is 32.2. The van der Waals surface area contributed by atoms with E-state index >= 15 is 0 Å². The number of amidine groups is 1. The van der Waals surface area contributed by atoms with Gasteiger partial charge in [-0.2, -0.15) is 13.2 Å². The lowest BCUT2D eigenvalue weighted by molar-refractivity contribution is -0.152. The second-order valence-corrected chi connectivity index (χ2v) is 8.93. The number of para-hydroxylation sites is 1. The van der Waals surface area contributed by atoms with Crippen LogP contribution in [0, 0.1) is 0 Å². The van der Waals surface area contributed by atoms with Crippen LogP contribution in [0.2, 0.25) is 0 Å². The second kappa shape index (κ2) is 9.39. The molecule has 0 saturated carbocycles. The zero-order valence-corrected chi connectivity index (χ0v) is 18.2. The molecule has 170 valence electrons. The first-order valence-electron chi connectivity index (χ1n) is 9.38. The molecule has 1 amide bonds. The summed E-state index contributed by atoms with van der Waals surface area (Å²) in [5.74, 6) is -1.78. The molecule has 1 saturated heterocycles. The van der Waals surface area contributed by atoms with E-state index in [0.717, 1.165) is 12.1 Å². The van der Waals surface area contributed by atoms with E-state index in [9.17, 15) is 27.6 Å². The number of nitrogens with one attached hydrogen (secondary N) is 1. The predicted molar refractivity (Wildman–Crippen MR) is 109 cm³/mol. The molecule has 31 heavy (non-hydrogen) atoms. The van der Waals surface area contributed by atoms with Crippen molar-refractivity contribution in [3.8, 4) is 0 Å². The molecule has 0 spiro atoms. The maximum atomic E-state index is 13.3. The second-order valence-electron chi connectivity index (χ2n) is 7.64. The van der Waals surface area contributed by atoms with Crippen LogP contribution in [0.1, 0.15) is 39.7 Å². The number of aldehydes is 1. The molecule has 1 aliphatic heterocycles. The quantitative estimate of drug-likeness (QED) is 0.379. The van der Waals surface area contributed by atoms with Gasteiger partial charge in [0.25, 0.3) is 5.91 Å². The van der Waals surface area contributed by atoms with Gasteiger partial charge < -0.3 is 19.6 Å². The van der Waals surface area contributed by atoms with Crippen LogP contribution in [-0.4, -0.2) is 46.4 Å². The van der Waals surface area contributed by atoms with Gasteiger partial charge in [-0.25, -0.2) is 9.79 Å². The van der Waals surface area contributed by atoms with E-state index in [2.05, 4.69) is 10.3 Å². The lowest BCUT2D eigenvalue weighted by atomic mass is 9.99. The molecular weight excluding hydrogens is 437 g/mol. The Morgan fingerprint density at radius 1 is 1.29 bits per heavy atom.